The molecule has 1 fully saturated rings. The maximum atomic E-state index is 6.13. The summed E-state index contributed by atoms with van der Waals surface area (Å²) in [5.74, 6) is 1.08. The molecule has 0 radical (unpaired) electrons. The Balaban J connectivity index is 0.00000379. The van der Waals surface area contributed by atoms with Gasteiger partial charge in [-0.25, -0.2) is 0 Å². The summed E-state index contributed by atoms with van der Waals surface area (Å²) in [6.07, 6.45) is 14.6. The zero-order chi connectivity index (χ0) is 22.0. The highest BCUT2D eigenvalue weighted by Gasteiger charge is 2.17. The van der Waals surface area contributed by atoms with Crippen LogP contribution in [0.15, 0.2) is 23.5 Å². The molecule has 0 atom stereocenters. The number of hydrogen-bond donors (Lipinski definition) is 1. The minimum Gasteiger partial charge on any atom is -0.494 e. The lowest BCUT2D eigenvalue weighted by Crippen LogP contribution is -2.29. The van der Waals surface area contributed by atoms with Gasteiger partial charge in [0.25, 0.3) is 0 Å². The quantitative estimate of drug-likeness (QED) is 0.215. The number of hydrogen-bond acceptors (Lipinski definition) is 3. The van der Waals surface area contributed by atoms with E-state index in [-0.39, 0.29) is 5.41 Å². The Morgan fingerprint density at radius 3 is 2.28 bits per heavy atom. The molecule has 0 amide bonds. The Morgan fingerprint density at radius 1 is 0.966 bits per heavy atom. The van der Waals surface area contributed by atoms with Gasteiger partial charge in [-0.3, -0.25) is 0 Å². The highest BCUT2D eigenvalue weighted by Crippen LogP contribution is 2.28. The second-order valence-corrected chi connectivity index (χ2v) is 8.96. The Morgan fingerprint density at radius 2 is 1.62 bits per heavy atom. The normalized spacial score (nSPS) is 16.8. The van der Waals surface area contributed by atoms with E-state index in [2.05, 4.69) is 57.0 Å². The lowest BCUT2D eigenvalue weighted by Gasteiger charge is -2.22. The van der Waals surface area contributed by atoms with Crippen molar-refractivity contribution < 1.29 is 4.74 Å². The van der Waals surface area contributed by atoms with Crippen molar-refractivity contribution in [1.82, 2.24) is 10.2 Å². The van der Waals surface area contributed by atoms with Gasteiger partial charge in [-0.2, -0.15) is 0 Å². The second kappa shape index (κ2) is 18.0. The van der Waals surface area contributed by atoms with E-state index in [0.29, 0.717) is 0 Å². The zero-order valence-electron chi connectivity index (χ0n) is 20.9. The second-order valence-electron chi connectivity index (χ2n) is 8.96. The van der Waals surface area contributed by atoms with E-state index < -0.39 is 0 Å². The van der Waals surface area contributed by atoms with Crippen LogP contribution in [0, 0.1) is 5.41 Å². The molecule has 0 spiro atoms. The lowest BCUT2D eigenvalue weighted by molar-refractivity contribution is 0.207. The molecule has 172 valence electrons. The molecule has 1 heterocycles. The van der Waals surface area contributed by atoms with Gasteiger partial charge >= 0.3 is 0 Å². The van der Waals surface area contributed by atoms with Gasteiger partial charge in [-0.1, -0.05) is 73.3 Å². The minimum absolute atomic E-state index is 0.164. The Kier molecular flexibility index (Phi) is 17.5. The molecule has 0 aromatic heterocycles. The maximum Gasteiger partial charge on any atom is 0.118 e. The summed E-state index contributed by atoms with van der Waals surface area (Å²) in [7, 11) is 0. The van der Waals surface area contributed by atoms with Crippen molar-refractivity contribution in [3.8, 4) is 0 Å². The van der Waals surface area contributed by atoms with Crippen molar-refractivity contribution in [2.75, 3.05) is 39.3 Å². The highest BCUT2D eigenvalue weighted by molar-refractivity contribution is 5.23. The SMILES string of the molecule is CC.CC/C=C\C(OCCCCCCCCN1CCCNCC1)=C(/C)C(C)(C)C. The highest BCUT2D eigenvalue weighted by atomic mass is 16.5. The molecule has 1 saturated heterocycles. The van der Waals surface area contributed by atoms with Crippen molar-refractivity contribution in [3.63, 3.8) is 0 Å². The maximum absolute atomic E-state index is 6.13. The third-order valence-corrected chi connectivity index (χ3v) is 5.56. The van der Waals surface area contributed by atoms with Crippen LogP contribution in [-0.2, 0) is 4.74 Å². The molecular weight excluding hydrogens is 356 g/mol. The molecule has 0 saturated carbocycles. The average Bonchev–Trinajstić information content (AvgIpc) is 2.98. The third-order valence-electron chi connectivity index (χ3n) is 5.56. The van der Waals surface area contributed by atoms with Crippen LogP contribution in [0.4, 0.5) is 0 Å². The Labute approximate surface area is 183 Å². The summed E-state index contributed by atoms with van der Waals surface area (Å²) in [4.78, 5) is 2.63. The molecule has 0 unspecified atom stereocenters. The van der Waals surface area contributed by atoms with E-state index in [0.717, 1.165) is 18.8 Å². The molecule has 0 bridgehead atoms. The first kappa shape index (κ1) is 28.2. The topological polar surface area (TPSA) is 24.5 Å². The van der Waals surface area contributed by atoms with Crippen molar-refractivity contribution in [1.29, 1.82) is 0 Å². The number of allylic oxidation sites excluding steroid dienone is 3. The van der Waals surface area contributed by atoms with Crippen LogP contribution in [0.2, 0.25) is 0 Å². The summed E-state index contributed by atoms with van der Waals surface area (Å²) in [6, 6.07) is 0. The third kappa shape index (κ3) is 14.8. The van der Waals surface area contributed by atoms with Gasteiger partial charge in [-0.05, 0) is 69.3 Å². The number of nitrogens with zero attached hydrogens (tertiary/aromatic N) is 1. The first-order valence-corrected chi connectivity index (χ1v) is 12.4. The lowest BCUT2D eigenvalue weighted by atomic mass is 9.86. The molecular formula is C26H52N2O. The summed E-state index contributed by atoms with van der Waals surface area (Å²) < 4.78 is 6.13. The van der Waals surface area contributed by atoms with E-state index in [1.807, 2.05) is 13.8 Å². The molecule has 29 heavy (non-hydrogen) atoms. The van der Waals surface area contributed by atoms with Gasteiger partial charge in [0.05, 0.1) is 6.61 Å². The van der Waals surface area contributed by atoms with Gasteiger partial charge in [0.15, 0.2) is 0 Å². The fourth-order valence-corrected chi connectivity index (χ4v) is 3.33. The molecule has 0 aromatic carbocycles. The van der Waals surface area contributed by atoms with Crippen LogP contribution in [0.5, 0.6) is 0 Å². The van der Waals surface area contributed by atoms with E-state index in [4.69, 9.17) is 4.74 Å². The van der Waals surface area contributed by atoms with Crippen LogP contribution < -0.4 is 5.32 Å². The molecule has 1 rings (SSSR count). The summed E-state index contributed by atoms with van der Waals surface area (Å²) in [6.45, 7) is 22.1. The van der Waals surface area contributed by atoms with E-state index in [9.17, 15) is 0 Å². The first-order chi connectivity index (χ1) is 13.9. The summed E-state index contributed by atoms with van der Waals surface area (Å²) in [5.41, 5.74) is 1.51. The van der Waals surface area contributed by atoms with Crippen molar-refractivity contribution >= 4 is 0 Å². The van der Waals surface area contributed by atoms with Gasteiger partial charge in [0.1, 0.15) is 5.76 Å². The molecule has 1 aliphatic heterocycles. The van der Waals surface area contributed by atoms with Gasteiger partial charge in [0, 0.05) is 13.1 Å². The van der Waals surface area contributed by atoms with Crippen molar-refractivity contribution in [2.45, 2.75) is 99.8 Å². The standard InChI is InChI=1S/C24H46N2O.C2H6/c1-6-7-15-23(22(2)24(3,4)5)27-21-13-11-9-8-10-12-18-26-19-14-16-25-17-20-26;1-2/h7,15,25H,6,8-14,16-21H2,1-5H3;1-2H3/b15-7-,23-22-;. The monoisotopic (exact) mass is 408 g/mol. The van der Waals surface area contributed by atoms with E-state index >= 15 is 0 Å². The fourth-order valence-electron chi connectivity index (χ4n) is 3.33. The first-order valence-electron chi connectivity index (χ1n) is 12.4. The zero-order valence-corrected chi connectivity index (χ0v) is 20.9. The number of rotatable bonds is 12. The van der Waals surface area contributed by atoms with Gasteiger partial charge in [-0.15, -0.1) is 0 Å². The summed E-state index contributed by atoms with van der Waals surface area (Å²) in [5, 5.41) is 3.48. The van der Waals surface area contributed by atoms with Gasteiger partial charge < -0.3 is 15.0 Å². The Bertz CT molecular complexity index is 426. The average molecular weight is 409 g/mol. The molecule has 3 nitrogen and oxygen atoms in total. The largest absolute Gasteiger partial charge is 0.494 e. The van der Waals surface area contributed by atoms with Crippen LogP contribution in [0.3, 0.4) is 0 Å². The van der Waals surface area contributed by atoms with Crippen molar-refractivity contribution in [3.05, 3.63) is 23.5 Å². The minimum atomic E-state index is 0.164. The van der Waals surface area contributed by atoms with Crippen LogP contribution in [0.1, 0.15) is 99.8 Å². The number of nitrogens with one attached hydrogen (secondary N) is 1. The molecule has 0 aliphatic carbocycles. The van der Waals surface area contributed by atoms with Crippen LogP contribution in [0.25, 0.3) is 0 Å². The van der Waals surface area contributed by atoms with Crippen LogP contribution in [-0.4, -0.2) is 44.2 Å². The van der Waals surface area contributed by atoms with E-state index in [1.165, 1.54) is 83.2 Å². The van der Waals surface area contributed by atoms with Gasteiger partial charge in [0.2, 0.25) is 0 Å². The van der Waals surface area contributed by atoms with Crippen LogP contribution >= 0.6 is 0 Å². The fraction of sp³-hybridized carbons (Fsp3) is 0.846. The number of ether oxygens (including phenoxy) is 1. The molecule has 1 N–H and O–H groups in total. The predicted octanol–water partition coefficient (Wildman–Crippen LogP) is 6.95. The Hall–Kier alpha value is -0.800. The summed E-state index contributed by atoms with van der Waals surface area (Å²) >= 11 is 0. The molecule has 1 aliphatic rings. The predicted molar refractivity (Wildman–Crippen MR) is 131 cm³/mol. The molecule has 3 heteroatoms. The van der Waals surface area contributed by atoms with E-state index in [1.54, 1.807) is 0 Å². The van der Waals surface area contributed by atoms with Crippen molar-refractivity contribution in [2.24, 2.45) is 5.41 Å². The smallest absolute Gasteiger partial charge is 0.118 e. The number of unbranched alkanes of at least 4 members (excludes halogenated alkanes) is 5. The molecule has 0 aromatic rings.